The third-order valence-electron chi connectivity index (χ3n) is 3.59. The molecule has 0 nitrogen and oxygen atoms in total. The van der Waals surface area contributed by atoms with Crippen LogP contribution in [0.4, 0.5) is 0 Å². The number of halogens is 3. The second-order valence-electron chi connectivity index (χ2n) is 4.87. The quantitative estimate of drug-likeness (QED) is 0.385. The maximum Gasteiger partial charge on any atom is 0.121 e. The van der Waals surface area contributed by atoms with Crippen LogP contribution in [0.25, 0.3) is 0 Å². The first-order valence-corrected chi connectivity index (χ1v) is 7.53. The Balaban J connectivity index is 0.00000176. The highest BCUT2D eigenvalue weighted by molar-refractivity contribution is 6.34. The van der Waals surface area contributed by atoms with Gasteiger partial charge in [-0.3, -0.25) is 0 Å². The van der Waals surface area contributed by atoms with Crippen LogP contribution in [0.1, 0.15) is 16.7 Å². The summed E-state index contributed by atoms with van der Waals surface area (Å²) in [5.74, 6) is 0. The molecular formula is C19H15Cl3. The molecule has 3 rings (SSSR count). The molecule has 112 valence electrons. The van der Waals surface area contributed by atoms with Gasteiger partial charge in [0, 0.05) is 10.6 Å². The van der Waals surface area contributed by atoms with E-state index in [1.54, 1.807) is 0 Å². The van der Waals surface area contributed by atoms with Gasteiger partial charge in [0.2, 0.25) is 0 Å². The number of alkyl halides is 1. The zero-order chi connectivity index (χ0) is 14.7. The standard InChI is InChI=1S/C19H14Cl2.ClH/c20-18-14-8-7-13-17(18)19(21,15-9-3-1-4-10-15)16-11-5-2-6-12-16;/h1-14H;1H. The third kappa shape index (κ3) is 3.01. The molecule has 0 radical (unpaired) electrons. The van der Waals surface area contributed by atoms with E-state index in [1.165, 1.54) is 0 Å². The van der Waals surface area contributed by atoms with Crippen molar-refractivity contribution in [1.29, 1.82) is 0 Å². The lowest BCUT2D eigenvalue weighted by atomic mass is 9.84. The zero-order valence-electron chi connectivity index (χ0n) is 11.7. The Hall–Kier alpha value is -1.47. The van der Waals surface area contributed by atoms with Crippen molar-refractivity contribution >= 4 is 35.6 Å². The minimum Gasteiger partial charge on any atom is -0.147 e. The molecule has 0 unspecified atom stereocenters. The van der Waals surface area contributed by atoms with Gasteiger partial charge in [-0.25, -0.2) is 0 Å². The second-order valence-corrected chi connectivity index (χ2v) is 5.84. The largest absolute Gasteiger partial charge is 0.147 e. The Labute approximate surface area is 147 Å². The third-order valence-corrected chi connectivity index (χ3v) is 4.56. The first kappa shape index (κ1) is 16.9. The molecule has 3 aromatic rings. The van der Waals surface area contributed by atoms with Gasteiger partial charge in [-0.1, -0.05) is 90.5 Å². The number of benzene rings is 3. The molecule has 0 heterocycles. The SMILES string of the molecule is Cl.Clc1ccccc1C(Cl)(c1ccccc1)c1ccccc1. The van der Waals surface area contributed by atoms with Crippen LogP contribution in [0.2, 0.25) is 5.02 Å². The van der Waals surface area contributed by atoms with Crippen LogP contribution in [0.5, 0.6) is 0 Å². The fraction of sp³-hybridized carbons (Fsp3) is 0.0526. The first-order chi connectivity index (χ1) is 10.2. The number of hydrogen-bond acceptors (Lipinski definition) is 0. The van der Waals surface area contributed by atoms with Gasteiger partial charge < -0.3 is 0 Å². The molecule has 0 saturated heterocycles. The molecule has 3 aromatic carbocycles. The van der Waals surface area contributed by atoms with Crippen LogP contribution in [0.15, 0.2) is 84.9 Å². The fourth-order valence-corrected chi connectivity index (χ4v) is 3.30. The van der Waals surface area contributed by atoms with Crippen molar-refractivity contribution < 1.29 is 0 Å². The second kappa shape index (κ2) is 7.19. The molecule has 0 amide bonds. The van der Waals surface area contributed by atoms with Crippen molar-refractivity contribution in [2.75, 3.05) is 0 Å². The van der Waals surface area contributed by atoms with Gasteiger partial charge in [0.05, 0.1) is 0 Å². The van der Waals surface area contributed by atoms with E-state index in [1.807, 2.05) is 84.9 Å². The van der Waals surface area contributed by atoms with Gasteiger partial charge in [0.25, 0.3) is 0 Å². The summed E-state index contributed by atoms with van der Waals surface area (Å²) in [5.41, 5.74) is 2.91. The van der Waals surface area contributed by atoms with E-state index in [-0.39, 0.29) is 12.4 Å². The minimum absolute atomic E-state index is 0. The summed E-state index contributed by atoms with van der Waals surface area (Å²) >= 11 is 13.6. The molecule has 22 heavy (non-hydrogen) atoms. The maximum absolute atomic E-state index is 7.14. The average molecular weight is 350 g/mol. The van der Waals surface area contributed by atoms with Gasteiger partial charge in [-0.15, -0.1) is 24.0 Å². The highest BCUT2D eigenvalue weighted by Crippen LogP contribution is 2.45. The van der Waals surface area contributed by atoms with Crippen LogP contribution in [-0.2, 0) is 4.87 Å². The smallest absolute Gasteiger partial charge is 0.121 e. The Kier molecular flexibility index (Phi) is 5.52. The normalized spacial score (nSPS) is 10.8. The number of hydrogen-bond donors (Lipinski definition) is 0. The molecule has 0 atom stereocenters. The van der Waals surface area contributed by atoms with Crippen LogP contribution < -0.4 is 0 Å². The van der Waals surface area contributed by atoms with Gasteiger partial charge in [-0.2, -0.15) is 0 Å². The van der Waals surface area contributed by atoms with E-state index in [4.69, 9.17) is 23.2 Å². The van der Waals surface area contributed by atoms with Crippen molar-refractivity contribution in [2.45, 2.75) is 4.87 Å². The fourth-order valence-electron chi connectivity index (χ4n) is 2.55. The summed E-state index contributed by atoms with van der Waals surface area (Å²) in [6.45, 7) is 0. The molecule has 3 heteroatoms. The molecule has 0 aliphatic heterocycles. The zero-order valence-corrected chi connectivity index (χ0v) is 14.1. The van der Waals surface area contributed by atoms with E-state index in [0.717, 1.165) is 16.7 Å². The summed E-state index contributed by atoms with van der Waals surface area (Å²) < 4.78 is 0. The van der Waals surface area contributed by atoms with Gasteiger partial charge in [0.1, 0.15) is 4.87 Å². The van der Waals surface area contributed by atoms with Gasteiger partial charge in [0.15, 0.2) is 0 Å². The summed E-state index contributed by atoms with van der Waals surface area (Å²) in [6, 6.07) is 27.8. The maximum atomic E-state index is 7.14. The summed E-state index contributed by atoms with van der Waals surface area (Å²) in [5, 5.41) is 0.667. The Morgan fingerprint density at radius 3 is 1.45 bits per heavy atom. The first-order valence-electron chi connectivity index (χ1n) is 6.78. The van der Waals surface area contributed by atoms with E-state index in [9.17, 15) is 0 Å². The van der Waals surface area contributed by atoms with Crippen LogP contribution in [0, 0.1) is 0 Å². The molecule has 0 aliphatic rings. The summed E-state index contributed by atoms with van der Waals surface area (Å²) in [6.07, 6.45) is 0. The lowest BCUT2D eigenvalue weighted by Gasteiger charge is -2.30. The summed E-state index contributed by atoms with van der Waals surface area (Å²) in [4.78, 5) is -0.791. The Morgan fingerprint density at radius 1 is 0.591 bits per heavy atom. The molecule has 0 saturated carbocycles. The van der Waals surface area contributed by atoms with Crippen molar-refractivity contribution in [1.82, 2.24) is 0 Å². The van der Waals surface area contributed by atoms with Gasteiger partial charge in [-0.05, 0) is 17.2 Å². The highest BCUT2D eigenvalue weighted by atomic mass is 35.5. The lowest BCUT2D eigenvalue weighted by Crippen LogP contribution is -2.22. The predicted molar refractivity (Wildman–Crippen MR) is 97.3 cm³/mol. The monoisotopic (exact) mass is 348 g/mol. The Bertz CT molecular complexity index is 684. The molecule has 0 aromatic heterocycles. The van der Waals surface area contributed by atoms with Crippen LogP contribution >= 0.6 is 35.6 Å². The minimum atomic E-state index is -0.791. The van der Waals surface area contributed by atoms with Crippen molar-refractivity contribution in [3.05, 3.63) is 107 Å². The van der Waals surface area contributed by atoms with Crippen LogP contribution in [0.3, 0.4) is 0 Å². The van der Waals surface area contributed by atoms with E-state index in [2.05, 4.69) is 0 Å². The van der Waals surface area contributed by atoms with Gasteiger partial charge >= 0.3 is 0 Å². The topological polar surface area (TPSA) is 0 Å². The molecule has 0 bridgehead atoms. The molecule has 0 fully saturated rings. The predicted octanol–water partition coefficient (Wildman–Crippen LogP) is 6.29. The van der Waals surface area contributed by atoms with E-state index < -0.39 is 4.87 Å². The Morgan fingerprint density at radius 2 is 1.00 bits per heavy atom. The van der Waals surface area contributed by atoms with E-state index >= 15 is 0 Å². The molecule has 0 aliphatic carbocycles. The van der Waals surface area contributed by atoms with Crippen molar-refractivity contribution in [3.63, 3.8) is 0 Å². The molecular weight excluding hydrogens is 335 g/mol. The molecule has 0 spiro atoms. The van der Waals surface area contributed by atoms with Crippen molar-refractivity contribution in [2.24, 2.45) is 0 Å². The van der Waals surface area contributed by atoms with Crippen molar-refractivity contribution in [3.8, 4) is 0 Å². The average Bonchev–Trinajstić information content (AvgIpc) is 2.56. The highest BCUT2D eigenvalue weighted by Gasteiger charge is 2.35. The van der Waals surface area contributed by atoms with Crippen LogP contribution in [-0.4, -0.2) is 0 Å². The van der Waals surface area contributed by atoms with E-state index in [0.29, 0.717) is 5.02 Å². The number of rotatable bonds is 3. The molecule has 0 N–H and O–H groups in total. The lowest BCUT2D eigenvalue weighted by molar-refractivity contribution is 0.880. The summed E-state index contributed by atoms with van der Waals surface area (Å²) in [7, 11) is 0.